The third-order valence-corrected chi connectivity index (χ3v) is 6.56. The van der Waals surface area contributed by atoms with Crippen LogP contribution in [-0.4, -0.2) is 39.0 Å². The number of esters is 1. The van der Waals surface area contributed by atoms with Gasteiger partial charge in [0.25, 0.3) is 5.56 Å². The van der Waals surface area contributed by atoms with Gasteiger partial charge in [-0.1, -0.05) is 23.5 Å². The molecule has 0 spiro atoms. The molecule has 0 amide bonds. The highest BCUT2D eigenvalue weighted by molar-refractivity contribution is 7.07. The second kappa shape index (κ2) is 9.56. The first-order chi connectivity index (χ1) is 16.4. The number of rotatable bonds is 6. The lowest BCUT2D eigenvalue weighted by molar-refractivity contribution is -0.136. The first-order valence-electron chi connectivity index (χ1n) is 10.4. The normalized spacial score (nSPS) is 15.4. The molecule has 1 aliphatic rings. The monoisotopic (exact) mass is 480 g/mol. The minimum absolute atomic E-state index is 0.275. The second-order valence-corrected chi connectivity index (χ2v) is 8.46. The molecule has 0 bridgehead atoms. The van der Waals surface area contributed by atoms with Crippen LogP contribution in [0.1, 0.15) is 24.1 Å². The largest absolute Gasteiger partial charge is 0.497 e. The van der Waals surface area contributed by atoms with Crippen molar-refractivity contribution in [3.05, 3.63) is 84.5 Å². The van der Waals surface area contributed by atoms with Crippen LogP contribution in [0.15, 0.2) is 63.5 Å². The Morgan fingerprint density at radius 3 is 2.29 bits per heavy atom. The number of carbonyl (C=O) groups excluding carboxylic acids is 1. The van der Waals surface area contributed by atoms with Crippen LogP contribution in [0.5, 0.6) is 17.2 Å². The number of allylic oxidation sites excluding steroid dienone is 1. The zero-order valence-corrected chi connectivity index (χ0v) is 20.3. The number of methoxy groups -OCH3 is 4. The number of benzene rings is 2. The summed E-state index contributed by atoms with van der Waals surface area (Å²) in [6.07, 6.45) is 1.74. The molecule has 1 atom stereocenters. The molecule has 0 aliphatic carbocycles. The summed E-state index contributed by atoms with van der Waals surface area (Å²) in [5.74, 6) is 1.37. The minimum Gasteiger partial charge on any atom is -0.497 e. The minimum atomic E-state index is -0.691. The lowest BCUT2D eigenvalue weighted by atomic mass is 9.96. The zero-order valence-electron chi connectivity index (χ0n) is 19.4. The summed E-state index contributed by atoms with van der Waals surface area (Å²) in [6.45, 7) is 1.74. The molecular weight excluding hydrogens is 456 g/mol. The van der Waals surface area contributed by atoms with Crippen molar-refractivity contribution in [1.82, 2.24) is 4.57 Å². The number of hydrogen-bond acceptors (Lipinski definition) is 8. The van der Waals surface area contributed by atoms with Crippen molar-refractivity contribution in [2.45, 2.75) is 13.0 Å². The first-order valence-corrected chi connectivity index (χ1v) is 11.2. The van der Waals surface area contributed by atoms with Gasteiger partial charge in [0.05, 0.1) is 50.3 Å². The van der Waals surface area contributed by atoms with Crippen molar-refractivity contribution in [2.24, 2.45) is 4.99 Å². The van der Waals surface area contributed by atoms with Crippen LogP contribution in [0.25, 0.3) is 6.08 Å². The van der Waals surface area contributed by atoms with Gasteiger partial charge in [-0.2, -0.15) is 0 Å². The van der Waals surface area contributed by atoms with Crippen LogP contribution in [0.2, 0.25) is 0 Å². The predicted molar refractivity (Wildman–Crippen MR) is 128 cm³/mol. The van der Waals surface area contributed by atoms with E-state index < -0.39 is 12.0 Å². The highest BCUT2D eigenvalue weighted by atomic mass is 32.1. The number of nitrogens with zero attached hydrogens (tertiary/aromatic N) is 2. The Kier molecular flexibility index (Phi) is 6.56. The highest BCUT2D eigenvalue weighted by Crippen LogP contribution is 2.31. The molecule has 3 aromatic rings. The first kappa shape index (κ1) is 23.3. The Bertz CT molecular complexity index is 1450. The van der Waals surface area contributed by atoms with E-state index in [0.29, 0.717) is 43.4 Å². The van der Waals surface area contributed by atoms with Gasteiger partial charge in [-0.15, -0.1) is 0 Å². The predicted octanol–water partition coefficient (Wildman–Crippen LogP) is 2.43. The maximum absolute atomic E-state index is 13.7. The van der Waals surface area contributed by atoms with Gasteiger partial charge in [-0.05, 0) is 48.9 Å². The Morgan fingerprint density at radius 2 is 1.68 bits per heavy atom. The molecule has 0 unspecified atom stereocenters. The quantitative estimate of drug-likeness (QED) is 0.504. The lowest BCUT2D eigenvalue weighted by Crippen LogP contribution is -2.39. The van der Waals surface area contributed by atoms with Crippen LogP contribution < -0.4 is 29.1 Å². The van der Waals surface area contributed by atoms with E-state index in [1.54, 1.807) is 64.7 Å². The van der Waals surface area contributed by atoms with Gasteiger partial charge in [-0.25, -0.2) is 9.79 Å². The zero-order chi connectivity index (χ0) is 24.4. The summed E-state index contributed by atoms with van der Waals surface area (Å²) in [4.78, 5) is 31.4. The number of ether oxygens (including phenoxy) is 4. The molecule has 0 N–H and O–H groups in total. The second-order valence-electron chi connectivity index (χ2n) is 7.45. The number of thiazole rings is 1. The van der Waals surface area contributed by atoms with E-state index in [1.165, 1.54) is 23.0 Å². The van der Waals surface area contributed by atoms with Crippen molar-refractivity contribution < 1.29 is 23.7 Å². The maximum Gasteiger partial charge on any atom is 0.338 e. The number of aromatic nitrogens is 1. The number of fused-ring (bicyclic) bond motifs is 1. The fourth-order valence-electron chi connectivity index (χ4n) is 3.89. The Labute approximate surface area is 200 Å². The van der Waals surface area contributed by atoms with Crippen LogP contribution >= 0.6 is 11.3 Å². The van der Waals surface area contributed by atoms with E-state index in [1.807, 2.05) is 12.1 Å². The van der Waals surface area contributed by atoms with E-state index in [0.717, 1.165) is 5.56 Å². The highest BCUT2D eigenvalue weighted by Gasteiger charge is 2.33. The van der Waals surface area contributed by atoms with Crippen molar-refractivity contribution in [2.75, 3.05) is 28.4 Å². The van der Waals surface area contributed by atoms with Crippen molar-refractivity contribution in [3.63, 3.8) is 0 Å². The van der Waals surface area contributed by atoms with Crippen molar-refractivity contribution in [3.8, 4) is 17.2 Å². The molecule has 2 heterocycles. The van der Waals surface area contributed by atoms with E-state index >= 15 is 0 Å². The topological polar surface area (TPSA) is 88.4 Å². The smallest absolute Gasteiger partial charge is 0.338 e. The van der Waals surface area contributed by atoms with E-state index in [2.05, 4.69) is 4.99 Å². The molecule has 4 rings (SSSR count). The molecule has 0 saturated carbocycles. The number of hydrogen-bond donors (Lipinski definition) is 0. The van der Waals surface area contributed by atoms with E-state index in [4.69, 9.17) is 18.9 Å². The molecular formula is C25H24N2O6S. The van der Waals surface area contributed by atoms with Gasteiger partial charge >= 0.3 is 5.97 Å². The van der Waals surface area contributed by atoms with Gasteiger partial charge in [0.2, 0.25) is 0 Å². The van der Waals surface area contributed by atoms with Crippen molar-refractivity contribution >= 4 is 23.4 Å². The van der Waals surface area contributed by atoms with Crippen molar-refractivity contribution in [1.29, 1.82) is 0 Å². The lowest BCUT2D eigenvalue weighted by Gasteiger charge is -2.24. The van der Waals surface area contributed by atoms with Crippen LogP contribution in [0.4, 0.5) is 0 Å². The van der Waals surface area contributed by atoms with E-state index in [-0.39, 0.29) is 5.56 Å². The third-order valence-electron chi connectivity index (χ3n) is 5.58. The summed E-state index contributed by atoms with van der Waals surface area (Å²) < 4.78 is 23.1. The summed E-state index contributed by atoms with van der Waals surface area (Å²) in [5, 5.41) is 0. The molecule has 1 aliphatic heterocycles. The molecule has 1 aromatic heterocycles. The molecule has 0 saturated heterocycles. The molecule has 9 heteroatoms. The fourth-order valence-corrected chi connectivity index (χ4v) is 4.93. The SMILES string of the molecule is COC(=O)C1=C(C)N=c2s/c(=C/c3cc(OC)ccc3OC)c(=O)n2[C@@H]1c1ccc(OC)cc1. The molecule has 2 aromatic carbocycles. The maximum atomic E-state index is 13.7. The summed E-state index contributed by atoms with van der Waals surface area (Å²) in [5.41, 5.74) is 1.97. The van der Waals surface area contributed by atoms with Crippen LogP contribution in [-0.2, 0) is 9.53 Å². The summed E-state index contributed by atoms with van der Waals surface area (Å²) >= 11 is 1.24. The standard InChI is InChI=1S/C25H24N2O6S/c1-14-21(24(29)33-5)22(15-6-8-17(30-2)9-7-15)27-23(28)20(34-25(27)26-14)13-16-12-18(31-3)10-11-19(16)32-4/h6-13,22H,1-5H3/b20-13+/t22-/m1/s1. The van der Waals surface area contributed by atoms with Crippen LogP contribution in [0, 0.1) is 0 Å². The van der Waals surface area contributed by atoms with E-state index in [9.17, 15) is 9.59 Å². The molecule has 8 nitrogen and oxygen atoms in total. The molecule has 34 heavy (non-hydrogen) atoms. The Morgan fingerprint density at radius 1 is 1.00 bits per heavy atom. The van der Waals surface area contributed by atoms with Gasteiger partial charge in [0.15, 0.2) is 4.80 Å². The third kappa shape index (κ3) is 4.10. The van der Waals surface area contributed by atoms with Gasteiger partial charge < -0.3 is 18.9 Å². The average Bonchev–Trinajstić information content (AvgIpc) is 3.16. The van der Waals surface area contributed by atoms with Gasteiger partial charge in [-0.3, -0.25) is 9.36 Å². The summed E-state index contributed by atoms with van der Waals surface area (Å²) in [6, 6.07) is 11.9. The Hall–Kier alpha value is -3.85. The number of carbonyl (C=O) groups is 1. The Balaban J connectivity index is 1.96. The molecule has 0 radical (unpaired) electrons. The van der Waals surface area contributed by atoms with Gasteiger partial charge in [0, 0.05) is 5.56 Å². The summed E-state index contributed by atoms with van der Waals surface area (Å²) in [7, 11) is 6.03. The fraction of sp³-hybridized carbons (Fsp3) is 0.240. The van der Waals surface area contributed by atoms with Gasteiger partial charge in [0.1, 0.15) is 17.2 Å². The average molecular weight is 481 g/mol. The van der Waals surface area contributed by atoms with Crippen LogP contribution in [0.3, 0.4) is 0 Å². The molecule has 176 valence electrons. The molecule has 0 fully saturated rings.